The van der Waals surface area contributed by atoms with Crippen molar-refractivity contribution in [3.05, 3.63) is 64.1 Å². The van der Waals surface area contributed by atoms with E-state index in [4.69, 9.17) is 5.73 Å². The van der Waals surface area contributed by atoms with Gasteiger partial charge < -0.3 is 5.73 Å². The van der Waals surface area contributed by atoms with Gasteiger partial charge in [0.1, 0.15) is 6.33 Å². The van der Waals surface area contributed by atoms with E-state index in [1.807, 2.05) is 36.6 Å². The number of rotatable bonds is 5. The first-order chi connectivity index (χ1) is 13.1. The van der Waals surface area contributed by atoms with Crippen LogP contribution in [0.5, 0.6) is 0 Å². The molecule has 3 heterocycles. The molecule has 0 saturated heterocycles. The first-order valence-corrected chi connectivity index (χ1v) is 9.80. The molecule has 3 aromatic heterocycles. The van der Waals surface area contributed by atoms with Gasteiger partial charge in [-0.25, -0.2) is 9.97 Å². The van der Waals surface area contributed by atoms with Crippen LogP contribution in [-0.4, -0.2) is 22.1 Å². The molecule has 8 heteroatoms. The Hall–Kier alpha value is -3.10. The molecule has 0 spiro atoms. The van der Waals surface area contributed by atoms with Gasteiger partial charge in [0.2, 0.25) is 5.91 Å². The van der Waals surface area contributed by atoms with E-state index in [1.165, 1.54) is 6.33 Å². The van der Waals surface area contributed by atoms with E-state index in [-0.39, 0.29) is 0 Å². The first kappa shape index (κ1) is 17.3. The molecule has 6 nitrogen and oxygen atoms in total. The van der Waals surface area contributed by atoms with Crippen molar-refractivity contribution < 1.29 is 4.79 Å². The molecule has 0 fully saturated rings. The summed E-state index contributed by atoms with van der Waals surface area (Å²) in [5, 5.41) is 6.27. The maximum atomic E-state index is 11.5. The van der Waals surface area contributed by atoms with Gasteiger partial charge in [-0.1, -0.05) is 18.2 Å². The van der Waals surface area contributed by atoms with E-state index in [0.29, 0.717) is 11.4 Å². The van der Waals surface area contributed by atoms with E-state index in [0.717, 1.165) is 31.1 Å². The first-order valence-electron chi connectivity index (χ1n) is 8.10. The Kier molecular flexibility index (Phi) is 4.66. The van der Waals surface area contributed by atoms with E-state index < -0.39 is 5.91 Å². The van der Waals surface area contributed by atoms with Gasteiger partial charge in [0.25, 0.3) is 0 Å². The quantitative estimate of drug-likeness (QED) is 0.391. The number of carbonyl (C=O) groups is 1. The molecule has 0 aliphatic carbocycles. The Morgan fingerprint density at radius 3 is 2.93 bits per heavy atom. The van der Waals surface area contributed by atoms with Crippen LogP contribution < -0.4 is 11.2 Å². The molecule has 0 aliphatic heterocycles. The minimum absolute atomic E-state index is 0.444. The van der Waals surface area contributed by atoms with Gasteiger partial charge in [0, 0.05) is 15.3 Å². The number of thiophene rings is 2. The van der Waals surface area contributed by atoms with Crippen LogP contribution in [0.15, 0.2) is 53.2 Å². The summed E-state index contributed by atoms with van der Waals surface area (Å²) >= 11 is 3.17. The summed E-state index contributed by atoms with van der Waals surface area (Å²) in [7, 11) is 0. The number of benzene rings is 1. The molecule has 3 N–H and O–H groups in total. The van der Waals surface area contributed by atoms with Crippen LogP contribution in [0.4, 0.5) is 5.82 Å². The van der Waals surface area contributed by atoms with E-state index in [2.05, 4.69) is 20.5 Å². The number of primary amides is 1. The zero-order valence-electron chi connectivity index (χ0n) is 14.3. The molecule has 0 radical (unpaired) electrons. The fraction of sp³-hybridized carbons (Fsp3) is 0.0526. The molecule has 4 aromatic rings. The van der Waals surface area contributed by atoms with Gasteiger partial charge in [0.05, 0.1) is 16.4 Å². The third-order valence-corrected chi connectivity index (χ3v) is 6.16. The van der Waals surface area contributed by atoms with Gasteiger partial charge in [-0.05, 0) is 41.6 Å². The van der Waals surface area contributed by atoms with Gasteiger partial charge in [-0.15, -0.1) is 22.7 Å². The number of carbonyl (C=O) groups excluding carboxylic acids is 1. The van der Waals surface area contributed by atoms with Crippen LogP contribution in [0.1, 0.15) is 20.8 Å². The SMILES string of the molecule is Cc1c(-c2cccc(C(N)=O)c2)sc2c(NN=Cc3cccs3)ncnc12. The molecule has 0 saturated carbocycles. The maximum absolute atomic E-state index is 11.5. The number of fused-ring (bicyclic) bond motifs is 1. The number of aromatic nitrogens is 2. The molecule has 134 valence electrons. The average Bonchev–Trinajstić information content (AvgIpc) is 3.31. The second-order valence-corrected chi connectivity index (χ2v) is 7.79. The summed E-state index contributed by atoms with van der Waals surface area (Å²) in [6.45, 7) is 2.01. The summed E-state index contributed by atoms with van der Waals surface area (Å²) in [5.41, 5.74) is 11.7. The lowest BCUT2D eigenvalue weighted by Crippen LogP contribution is -2.10. The predicted octanol–water partition coefficient (Wildman–Crippen LogP) is 4.27. The summed E-state index contributed by atoms with van der Waals surface area (Å²) in [4.78, 5) is 22.3. The summed E-state index contributed by atoms with van der Waals surface area (Å²) < 4.78 is 0.915. The van der Waals surface area contributed by atoms with Crippen molar-refractivity contribution in [3.8, 4) is 10.4 Å². The predicted molar refractivity (Wildman–Crippen MR) is 112 cm³/mol. The van der Waals surface area contributed by atoms with Crippen molar-refractivity contribution in [1.29, 1.82) is 0 Å². The van der Waals surface area contributed by atoms with Gasteiger partial charge in [-0.3, -0.25) is 10.2 Å². The Bertz CT molecular complexity index is 1150. The topological polar surface area (TPSA) is 93.3 Å². The van der Waals surface area contributed by atoms with Crippen LogP contribution in [0, 0.1) is 6.92 Å². The van der Waals surface area contributed by atoms with Crippen LogP contribution in [0.2, 0.25) is 0 Å². The van der Waals surface area contributed by atoms with Crippen molar-refractivity contribution in [2.45, 2.75) is 6.92 Å². The maximum Gasteiger partial charge on any atom is 0.248 e. The lowest BCUT2D eigenvalue weighted by Gasteiger charge is -2.01. The number of nitrogens with two attached hydrogens (primary N) is 1. The molecule has 4 rings (SSSR count). The Morgan fingerprint density at radius 2 is 2.15 bits per heavy atom. The highest BCUT2D eigenvalue weighted by atomic mass is 32.1. The largest absolute Gasteiger partial charge is 0.366 e. The van der Waals surface area contributed by atoms with Crippen molar-refractivity contribution in [2.75, 3.05) is 5.43 Å². The molecular weight excluding hydrogens is 378 g/mol. The van der Waals surface area contributed by atoms with E-state index >= 15 is 0 Å². The lowest BCUT2D eigenvalue weighted by atomic mass is 10.1. The van der Waals surface area contributed by atoms with Gasteiger partial charge >= 0.3 is 0 Å². The molecule has 1 amide bonds. The molecular formula is C19H15N5OS2. The highest BCUT2D eigenvalue weighted by Crippen LogP contribution is 2.39. The lowest BCUT2D eigenvalue weighted by molar-refractivity contribution is 0.100. The van der Waals surface area contributed by atoms with Gasteiger partial charge in [0.15, 0.2) is 5.82 Å². The van der Waals surface area contributed by atoms with Crippen molar-refractivity contribution in [3.63, 3.8) is 0 Å². The highest BCUT2D eigenvalue weighted by molar-refractivity contribution is 7.23. The molecule has 0 unspecified atom stereocenters. The standard InChI is InChI=1S/C19H15N5OS2/c1-11-15-17(27-16(11)12-4-2-5-13(8-12)18(20)25)19(22-10-21-15)24-23-9-14-6-3-7-26-14/h2-10H,1H3,(H2,20,25)(H,21,22,24). The number of aryl methyl sites for hydroxylation is 1. The average molecular weight is 393 g/mol. The molecule has 27 heavy (non-hydrogen) atoms. The molecule has 1 aromatic carbocycles. The van der Waals surface area contributed by atoms with Crippen LogP contribution in [0.25, 0.3) is 20.7 Å². The highest BCUT2D eigenvalue weighted by Gasteiger charge is 2.15. The normalized spacial score (nSPS) is 11.3. The van der Waals surface area contributed by atoms with Crippen molar-refractivity contribution in [2.24, 2.45) is 10.8 Å². The van der Waals surface area contributed by atoms with Gasteiger partial charge in [-0.2, -0.15) is 5.10 Å². The fourth-order valence-electron chi connectivity index (χ4n) is 2.71. The Morgan fingerprint density at radius 1 is 1.26 bits per heavy atom. The number of nitrogens with one attached hydrogen (secondary N) is 1. The second-order valence-electron chi connectivity index (χ2n) is 5.79. The summed E-state index contributed by atoms with van der Waals surface area (Å²) in [5.74, 6) is 0.207. The van der Waals surface area contributed by atoms with Crippen LogP contribution in [-0.2, 0) is 0 Å². The van der Waals surface area contributed by atoms with E-state index in [1.54, 1.807) is 41.0 Å². The number of hydrogen-bond donors (Lipinski definition) is 2. The van der Waals surface area contributed by atoms with E-state index in [9.17, 15) is 4.79 Å². The molecule has 0 bridgehead atoms. The summed E-state index contributed by atoms with van der Waals surface area (Å²) in [6, 6.07) is 11.3. The minimum Gasteiger partial charge on any atom is -0.366 e. The monoisotopic (exact) mass is 393 g/mol. The van der Waals surface area contributed by atoms with Crippen LogP contribution in [0.3, 0.4) is 0 Å². The van der Waals surface area contributed by atoms with Crippen LogP contribution >= 0.6 is 22.7 Å². The number of hydrogen-bond acceptors (Lipinski definition) is 7. The Balaban J connectivity index is 1.73. The zero-order valence-corrected chi connectivity index (χ0v) is 16.0. The van der Waals surface area contributed by atoms with Crippen molar-refractivity contribution >= 4 is 50.8 Å². The Labute approximate surface area is 163 Å². The third kappa shape index (κ3) is 3.44. The second kappa shape index (κ2) is 7.26. The fourth-order valence-corrected chi connectivity index (χ4v) is 4.50. The minimum atomic E-state index is -0.444. The number of nitrogens with zero attached hydrogens (tertiary/aromatic N) is 3. The third-order valence-electron chi connectivity index (χ3n) is 4.02. The number of anilines is 1. The summed E-state index contributed by atoms with van der Waals surface area (Å²) in [6.07, 6.45) is 3.28. The molecule has 0 atom stereocenters. The van der Waals surface area contributed by atoms with Crippen molar-refractivity contribution in [1.82, 2.24) is 9.97 Å². The smallest absolute Gasteiger partial charge is 0.248 e. The zero-order chi connectivity index (χ0) is 18.8. The molecule has 0 aliphatic rings. The number of hydrazone groups is 1. The number of amides is 1.